The molecule has 0 bridgehead atoms. The lowest BCUT2D eigenvalue weighted by Crippen LogP contribution is -2.61. The van der Waals surface area contributed by atoms with Crippen LogP contribution in [0.2, 0.25) is 0 Å². The third-order valence-electron chi connectivity index (χ3n) is 20.2. The predicted molar refractivity (Wildman–Crippen MR) is 372 cm³/mol. The topological polar surface area (TPSA) is 39.2 Å². The highest BCUT2D eigenvalue weighted by atomic mass is 16.3. The van der Waals surface area contributed by atoms with Crippen LogP contribution in [0.15, 0.2) is 288 Å². The number of rotatable bonds is 5. The number of anilines is 12. The highest BCUT2D eigenvalue weighted by Gasteiger charge is 2.47. The molecule has 1 aliphatic carbocycles. The van der Waals surface area contributed by atoms with E-state index in [0.29, 0.717) is 0 Å². The Morgan fingerprint density at radius 3 is 1.31 bits per heavy atom. The van der Waals surface area contributed by atoms with E-state index in [1.807, 2.05) is 6.07 Å². The van der Waals surface area contributed by atoms with Gasteiger partial charge >= 0.3 is 0 Å². The van der Waals surface area contributed by atoms with Crippen molar-refractivity contribution in [1.82, 2.24) is 0 Å². The summed E-state index contributed by atoms with van der Waals surface area (Å²) in [5, 5.41) is 4.35. The molecule has 0 saturated heterocycles. The van der Waals surface area contributed by atoms with Gasteiger partial charge in [-0.05, 0) is 163 Å². The summed E-state index contributed by atoms with van der Waals surface area (Å²) in [6.07, 6.45) is 0. The van der Waals surface area contributed by atoms with Crippen molar-refractivity contribution in [3.8, 4) is 22.3 Å². The van der Waals surface area contributed by atoms with E-state index < -0.39 is 0 Å². The summed E-state index contributed by atoms with van der Waals surface area (Å²) in [6, 6.07) is 103. The molecule has 0 N–H and O–H groups in total. The fourth-order valence-electron chi connectivity index (χ4n) is 16.6. The third-order valence-corrected chi connectivity index (χ3v) is 20.2. The van der Waals surface area contributed by atoms with Crippen molar-refractivity contribution < 1.29 is 8.83 Å². The Morgan fingerprint density at radius 2 is 0.697 bits per heavy atom. The van der Waals surface area contributed by atoms with Crippen LogP contribution in [0.1, 0.15) is 25.0 Å². The van der Waals surface area contributed by atoms with Crippen molar-refractivity contribution in [3.05, 3.63) is 290 Å². The molecule has 8 heteroatoms. The standard InChI is InChI=1S/C81H52B2N4O2/c1-81(2)58-28-5-3-23-52(58)54-25-16-37-67(76(54)81)85-64-34-11-7-30-60(64)82-59-29-6-10-33-63(59)84(68-38-19-39-69(85)77(68)82)51-22-15-21-49(47-51)50-45-46-75-57(48-50)56-27-18-43-73(80(56)89-75)87-66-36-13-9-32-62(66)83-61-31-8-12-35-65(61)86(70-40-20-41-71(87)78(70)83)72-42-17-26-55-53-24-4-14-44-74(53)88-79(55)72/h3-48H,1-2H3. The monoisotopic (exact) mass is 1130 g/mol. The molecule has 0 unspecified atom stereocenters. The van der Waals surface area contributed by atoms with Gasteiger partial charge in [0.25, 0.3) is 13.4 Å². The second-order valence-electron chi connectivity index (χ2n) is 25.0. The number of benzene rings is 13. The van der Waals surface area contributed by atoms with Crippen LogP contribution < -0.4 is 52.4 Å². The summed E-state index contributed by atoms with van der Waals surface area (Å²) in [4.78, 5) is 9.95. The Balaban J connectivity index is 0.715. The van der Waals surface area contributed by atoms with E-state index in [4.69, 9.17) is 8.83 Å². The van der Waals surface area contributed by atoms with Gasteiger partial charge in [0.1, 0.15) is 11.2 Å². The van der Waals surface area contributed by atoms with Gasteiger partial charge in [0.05, 0.1) is 17.1 Å². The average Bonchev–Trinajstić information content (AvgIpc) is 0.902. The molecule has 4 aliphatic heterocycles. The molecule has 6 nitrogen and oxygen atoms in total. The molecule has 6 heterocycles. The fourth-order valence-corrected chi connectivity index (χ4v) is 16.6. The predicted octanol–water partition coefficient (Wildman–Crippen LogP) is 17.6. The lowest BCUT2D eigenvalue weighted by Gasteiger charge is -2.44. The molecular weight excluding hydrogens is 1080 g/mol. The minimum Gasteiger partial charge on any atom is -0.454 e. The molecule has 414 valence electrons. The molecule has 5 aliphatic rings. The molecule has 0 atom stereocenters. The molecular formula is C81H52B2N4O2. The number of hydrogen-bond donors (Lipinski definition) is 0. The normalized spacial score (nSPS) is 14.4. The summed E-state index contributed by atoms with van der Waals surface area (Å²) in [5.41, 5.74) is 32.2. The smallest absolute Gasteiger partial charge is 0.252 e. The summed E-state index contributed by atoms with van der Waals surface area (Å²) in [6.45, 7) is 4.82. The lowest BCUT2D eigenvalue weighted by atomic mass is 9.33. The maximum Gasteiger partial charge on any atom is 0.252 e. The molecule has 2 aromatic heterocycles. The van der Waals surface area contributed by atoms with E-state index in [9.17, 15) is 0 Å². The number of fused-ring (bicyclic) bond motifs is 17. The van der Waals surface area contributed by atoms with E-state index in [1.54, 1.807) is 0 Å². The van der Waals surface area contributed by atoms with Crippen molar-refractivity contribution in [3.63, 3.8) is 0 Å². The van der Waals surface area contributed by atoms with Crippen molar-refractivity contribution >= 4 is 158 Å². The van der Waals surface area contributed by atoms with E-state index in [1.165, 1.54) is 83.5 Å². The van der Waals surface area contributed by atoms with Crippen LogP contribution in [0.3, 0.4) is 0 Å². The van der Waals surface area contributed by atoms with E-state index in [2.05, 4.69) is 306 Å². The van der Waals surface area contributed by atoms with Crippen LogP contribution in [-0.2, 0) is 5.41 Å². The average molecular weight is 1130 g/mol. The number of hydrogen-bond acceptors (Lipinski definition) is 6. The number of para-hydroxylation sites is 7. The molecule has 15 aromatic rings. The van der Waals surface area contributed by atoms with Gasteiger partial charge in [-0.2, -0.15) is 0 Å². The van der Waals surface area contributed by atoms with Gasteiger partial charge in [-0.15, -0.1) is 0 Å². The zero-order chi connectivity index (χ0) is 58.4. The van der Waals surface area contributed by atoms with Gasteiger partial charge in [-0.25, -0.2) is 0 Å². The Labute approximate surface area is 515 Å². The zero-order valence-corrected chi connectivity index (χ0v) is 48.8. The Bertz CT molecular complexity index is 5580. The SMILES string of the molecule is CC1(C)c2ccccc2-c2cccc(N3c4ccccc4B4c5ccccc5N(c5cccc(-c6ccc7oc8c(N9c%10ccccc%10B%10c%11ccccc%11N(c%11cccc%12c%11oc%11ccccc%11%12)c%11cccc9c%11%10)cccc8c7c6)c5)c5cccc3c54)c21. The van der Waals surface area contributed by atoms with Crippen LogP contribution in [-0.4, -0.2) is 13.4 Å². The maximum atomic E-state index is 7.15. The highest BCUT2D eigenvalue weighted by Crippen LogP contribution is 2.56. The Morgan fingerprint density at radius 1 is 0.292 bits per heavy atom. The van der Waals surface area contributed by atoms with Gasteiger partial charge in [-0.1, -0.05) is 196 Å². The molecule has 0 spiro atoms. The van der Waals surface area contributed by atoms with Crippen LogP contribution in [0, 0.1) is 0 Å². The third kappa shape index (κ3) is 6.56. The van der Waals surface area contributed by atoms with E-state index >= 15 is 0 Å². The van der Waals surface area contributed by atoms with Crippen LogP contribution in [0.25, 0.3) is 66.1 Å². The summed E-state index contributed by atoms with van der Waals surface area (Å²) >= 11 is 0. The first-order valence-corrected chi connectivity index (χ1v) is 31.0. The first-order valence-electron chi connectivity index (χ1n) is 31.0. The van der Waals surface area contributed by atoms with E-state index in [0.717, 1.165) is 94.8 Å². The largest absolute Gasteiger partial charge is 0.454 e. The van der Waals surface area contributed by atoms with Gasteiger partial charge in [0.2, 0.25) is 0 Å². The zero-order valence-electron chi connectivity index (χ0n) is 48.8. The second-order valence-corrected chi connectivity index (χ2v) is 25.0. The Kier molecular flexibility index (Phi) is 9.87. The first kappa shape index (κ1) is 49.0. The van der Waals surface area contributed by atoms with Gasteiger partial charge in [0, 0.05) is 78.1 Å². The van der Waals surface area contributed by atoms with Crippen LogP contribution >= 0.6 is 0 Å². The molecule has 0 fully saturated rings. The van der Waals surface area contributed by atoms with E-state index in [-0.39, 0.29) is 18.8 Å². The molecule has 0 amide bonds. The van der Waals surface area contributed by atoms with Gasteiger partial charge in [0.15, 0.2) is 11.2 Å². The summed E-state index contributed by atoms with van der Waals surface area (Å²) < 4.78 is 13.9. The highest BCUT2D eigenvalue weighted by molar-refractivity contribution is 7.01. The molecule has 20 rings (SSSR count). The fraction of sp³-hybridized carbons (Fsp3) is 0.0370. The molecule has 0 radical (unpaired) electrons. The lowest BCUT2D eigenvalue weighted by molar-refractivity contribution is 0.661. The van der Waals surface area contributed by atoms with Crippen molar-refractivity contribution in [1.29, 1.82) is 0 Å². The molecule has 89 heavy (non-hydrogen) atoms. The van der Waals surface area contributed by atoms with Gasteiger partial charge < -0.3 is 28.4 Å². The minimum atomic E-state index is -0.200. The number of nitrogens with zero attached hydrogens (tertiary/aromatic N) is 4. The number of furan rings is 2. The second kappa shape index (κ2) is 17.9. The molecule has 0 saturated carbocycles. The van der Waals surface area contributed by atoms with Crippen LogP contribution in [0.5, 0.6) is 0 Å². The Hall–Kier alpha value is -11.2. The van der Waals surface area contributed by atoms with Crippen molar-refractivity contribution in [2.24, 2.45) is 0 Å². The van der Waals surface area contributed by atoms with Crippen molar-refractivity contribution in [2.45, 2.75) is 19.3 Å². The van der Waals surface area contributed by atoms with Crippen molar-refractivity contribution in [2.75, 3.05) is 19.6 Å². The molecule has 13 aromatic carbocycles. The van der Waals surface area contributed by atoms with Crippen LogP contribution in [0.4, 0.5) is 68.2 Å². The first-order chi connectivity index (χ1) is 44.0. The summed E-state index contributed by atoms with van der Waals surface area (Å²) in [7, 11) is 0. The minimum absolute atomic E-state index is 0.00994. The summed E-state index contributed by atoms with van der Waals surface area (Å²) in [5.74, 6) is 0. The maximum absolute atomic E-state index is 7.15. The quantitative estimate of drug-likeness (QED) is 0.160. The van der Waals surface area contributed by atoms with Gasteiger partial charge in [-0.3, -0.25) is 0 Å².